The van der Waals surface area contributed by atoms with Crippen LogP contribution in [0.15, 0.2) is 0 Å². The van der Waals surface area contributed by atoms with Crippen molar-refractivity contribution in [1.82, 2.24) is 4.90 Å². The molecule has 1 heterocycles. The molecule has 0 spiro atoms. The summed E-state index contributed by atoms with van der Waals surface area (Å²) in [6, 6.07) is 0.430. The van der Waals surface area contributed by atoms with Crippen molar-refractivity contribution in [1.29, 1.82) is 0 Å². The van der Waals surface area contributed by atoms with Crippen molar-refractivity contribution in [2.24, 2.45) is 5.92 Å². The first-order valence-corrected chi connectivity index (χ1v) is 6.82. The average Bonchev–Trinajstić information content (AvgIpc) is 2.54. The van der Waals surface area contributed by atoms with E-state index in [4.69, 9.17) is 0 Å². The summed E-state index contributed by atoms with van der Waals surface area (Å²) in [5.74, 6) is 0.677. The van der Waals surface area contributed by atoms with Gasteiger partial charge in [-0.2, -0.15) is 0 Å². The van der Waals surface area contributed by atoms with Gasteiger partial charge in [0.15, 0.2) is 0 Å². The topological polar surface area (TPSA) is 23.5 Å². The number of aliphatic hydroxyl groups excluding tert-OH is 1. The molecule has 1 saturated heterocycles. The second-order valence-electron chi connectivity index (χ2n) is 4.30. The third-order valence-corrected chi connectivity index (χ3v) is 3.82. The van der Waals surface area contributed by atoms with Gasteiger partial charge in [-0.3, -0.25) is 4.90 Å². The summed E-state index contributed by atoms with van der Waals surface area (Å²) in [5, 5.41) is 10.4. The summed E-state index contributed by atoms with van der Waals surface area (Å²) in [5.41, 5.74) is 0. The van der Waals surface area contributed by atoms with Gasteiger partial charge >= 0.3 is 0 Å². The van der Waals surface area contributed by atoms with Crippen LogP contribution in [-0.4, -0.2) is 41.1 Å². The van der Waals surface area contributed by atoms with Crippen molar-refractivity contribution in [2.75, 3.05) is 25.0 Å². The first-order valence-electron chi connectivity index (χ1n) is 5.70. The lowest BCUT2D eigenvalue weighted by Gasteiger charge is -2.24. The lowest BCUT2D eigenvalue weighted by atomic mass is 10.0. The zero-order valence-electron chi connectivity index (χ0n) is 9.08. The van der Waals surface area contributed by atoms with Gasteiger partial charge in [0.05, 0.1) is 6.61 Å². The number of likely N-dealkylation sites (tertiary alicyclic amines) is 1. The third kappa shape index (κ3) is 3.52. The minimum atomic E-state index is 0.333. The maximum atomic E-state index is 9.26. The smallest absolute Gasteiger partial charge is 0.0589 e. The summed E-state index contributed by atoms with van der Waals surface area (Å²) in [6.07, 6.45) is 5.10. The summed E-state index contributed by atoms with van der Waals surface area (Å²) < 4.78 is 0. The fourth-order valence-corrected chi connectivity index (χ4v) is 2.64. The molecule has 3 heteroatoms. The maximum absolute atomic E-state index is 9.26. The largest absolute Gasteiger partial charge is 0.395 e. The minimum absolute atomic E-state index is 0.333. The van der Waals surface area contributed by atoms with Crippen LogP contribution in [-0.2, 0) is 0 Å². The maximum Gasteiger partial charge on any atom is 0.0589 e. The number of unbranched alkanes of at least 4 members (excludes halogenated alkanes) is 2. The lowest BCUT2D eigenvalue weighted by molar-refractivity contribution is 0.138. The Morgan fingerprint density at radius 3 is 2.79 bits per heavy atom. The Hall–Kier alpha value is 0.400. The standard InChI is InChI=1S/C11H22BrNO/c1-10-5-8-13(11(10)9-14)7-4-2-3-6-12/h10-11,14H,2-9H2,1H3. The normalized spacial score (nSPS) is 28.5. The van der Waals surface area contributed by atoms with Gasteiger partial charge in [-0.25, -0.2) is 0 Å². The molecule has 2 atom stereocenters. The Bertz CT molecular complexity index is 154. The number of rotatable bonds is 6. The molecule has 0 aromatic rings. The lowest BCUT2D eigenvalue weighted by Crippen LogP contribution is -2.35. The zero-order valence-corrected chi connectivity index (χ0v) is 10.7. The molecule has 0 aliphatic carbocycles. The molecule has 1 rings (SSSR count). The van der Waals surface area contributed by atoms with Crippen LogP contribution >= 0.6 is 15.9 Å². The molecule has 0 aromatic heterocycles. The van der Waals surface area contributed by atoms with Crippen LogP contribution in [0.1, 0.15) is 32.6 Å². The fourth-order valence-electron chi connectivity index (χ4n) is 2.25. The van der Waals surface area contributed by atoms with Gasteiger partial charge in [-0.1, -0.05) is 29.3 Å². The molecule has 0 radical (unpaired) electrons. The average molecular weight is 264 g/mol. The van der Waals surface area contributed by atoms with Gasteiger partial charge in [-0.15, -0.1) is 0 Å². The quantitative estimate of drug-likeness (QED) is 0.587. The first-order chi connectivity index (χ1) is 6.79. The van der Waals surface area contributed by atoms with Gasteiger partial charge in [0.2, 0.25) is 0 Å². The Balaban J connectivity index is 2.17. The molecular formula is C11H22BrNO. The molecule has 1 aliphatic rings. The molecule has 0 aromatic carbocycles. The van der Waals surface area contributed by atoms with Crippen molar-refractivity contribution < 1.29 is 5.11 Å². The summed E-state index contributed by atoms with van der Waals surface area (Å²) in [4.78, 5) is 2.46. The minimum Gasteiger partial charge on any atom is -0.395 e. The van der Waals surface area contributed by atoms with E-state index in [-0.39, 0.29) is 0 Å². The molecule has 0 saturated carbocycles. The SMILES string of the molecule is CC1CCN(CCCCCBr)C1CO. The van der Waals surface area contributed by atoms with E-state index in [9.17, 15) is 5.11 Å². The first kappa shape index (κ1) is 12.5. The van der Waals surface area contributed by atoms with Gasteiger partial charge in [0.25, 0.3) is 0 Å². The number of hydrogen-bond acceptors (Lipinski definition) is 2. The molecular weight excluding hydrogens is 242 g/mol. The monoisotopic (exact) mass is 263 g/mol. The number of alkyl halides is 1. The van der Waals surface area contributed by atoms with Crippen LogP contribution in [0.2, 0.25) is 0 Å². The van der Waals surface area contributed by atoms with Crippen LogP contribution < -0.4 is 0 Å². The number of halogens is 1. The molecule has 0 amide bonds. The highest BCUT2D eigenvalue weighted by Crippen LogP contribution is 2.23. The van der Waals surface area contributed by atoms with Crippen molar-refractivity contribution in [2.45, 2.75) is 38.6 Å². The van der Waals surface area contributed by atoms with Crippen LogP contribution in [0.25, 0.3) is 0 Å². The molecule has 0 bridgehead atoms. The predicted octanol–water partition coefficient (Wildman–Crippen LogP) is 2.25. The van der Waals surface area contributed by atoms with E-state index in [0.29, 0.717) is 18.6 Å². The third-order valence-electron chi connectivity index (χ3n) is 3.26. The van der Waals surface area contributed by atoms with E-state index in [1.807, 2.05) is 0 Å². The van der Waals surface area contributed by atoms with Gasteiger partial charge in [0.1, 0.15) is 0 Å². The van der Waals surface area contributed by atoms with Gasteiger partial charge in [-0.05, 0) is 38.3 Å². The molecule has 2 unspecified atom stereocenters. The van der Waals surface area contributed by atoms with E-state index < -0.39 is 0 Å². The van der Waals surface area contributed by atoms with Crippen LogP contribution in [0.5, 0.6) is 0 Å². The number of hydrogen-bond donors (Lipinski definition) is 1. The Morgan fingerprint density at radius 2 is 2.14 bits per heavy atom. The highest BCUT2D eigenvalue weighted by atomic mass is 79.9. The van der Waals surface area contributed by atoms with Crippen LogP contribution in [0, 0.1) is 5.92 Å². The summed E-state index contributed by atoms with van der Waals surface area (Å²) in [6.45, 7) is 4.93. The van der Waals surface area contributed by atoms with Crippen molar-refractivity contribution in [3.63, 3.8) is 0 Å². The van der Waals surface area contributed by atoms with Crippen LogP contribution in [0.3, 0.4) is 0 Å². The van der Waals surface area contributed by atoms with Gasteiger partial charge in [0, 0.05) is 11.4 Å². The second-order valence-corrected chi connectivity index (χ2v) is 5.09. The van der Waals surface area contributed by atoms with Crippen LogP contribution in [0.4, 0.5) is 0 Å². The molecule has 1 N–H and O–H groups in total. The van der Waals surface area contributed by atoms with E-state index in [1.165, 1.54) is 38.8 Å². The summed E-state index contributed by atoms with van der Waals surface area (Å²) in [7, 11) is 0. The Morgan fingerprint density at radius 1 is 1.36 bits per heavy atom. The van der Waals surface area contributed by atoms with E-state index in [2.05, 4.69) is 27.8 Å². The van der Waals surface area contributed by atoms with E-state index >= 15 is 0 Å². The fraction of sp³-hybridized carbons (Fsp3) is 1.00. The highest BCUT2D eigenvalue weighted by molar-refractivity contribution is 9.09. The molecule has 14 heavy (non-hydrogen) atoms. The van der Waals surface area contributed by atoms with E-state index in [0.717, 1.165) is 5.33 Å². The van der Waals surface area contributed by atoms with E-state index in [1.54, 1.807) is 0 Å². The predicted molar refractivity (Wildman–Crippen MR) is 63.9 cm³/mol. The van der Waals surface area contributed by atoms with Crippen molar-refractivity contribution in [3.05, 3.63) is 0 Å². The molecule has 1 aliphatic heterocycles. The van der Waals surface area contributed by atoms with Crippen molar-refractivity contribution in [3.8, 4) is 0 Å². The van der Waals surface area contributed by atoms with Crippen molar-refractivity contribution >= 4 is 15.9 Å². The Labute approximate surface area is 95.8 Å². The Kier molecular flexibility index (Phi) is 6.06. The number of nitrogens with zero attached hydrogens (tertiary/aromatic N) is 1. The summed E-state index contributed by atoms with van der Waals surface area (Å²) >= 11 is 3.44. The van der Waals surface area contributed by atoms with Gasteiger partial charge < -0.3 is 5.11 Å². The molecule has 1 fully saturated rings. The second kappa shape index (κ2) is 6.81. The zero-order chi connectivity index (χ0) is 10.4. The highest BCUT2D eigenvalue weighted by Gasteiger charge is 2.29. The molecule has 84 valence electrons. The number of aliphatic hydroxyl groups is 1. The molecule has 2 nitrogen and oxygen atoms in total.